The first-order valence-corrected chi connectivity index (χ1v) is 4.92. The number of ether oxygens (including phenoxy) is 1. The van der Waals surface area contributed by atoms with Gasteiger partial charge in [-0.15, -0.1) is 0 Å². The molecule has 0 atom stereocenters. The topological polar surface area (TPSA) is 44.1 Å². The SMILES string of the molecule is CCCOCCn1ccnc(Cl)c1=O. The molecule has 0 N–H and O–H groups in total. The molecule has 78 valence electrons. The molecule has 0 saturated carbocycles. The number of hydrogen-bond donors (Lipinski definition) is 0. The molecule has 1 rings (SSSR count). The van der Waals surface area contributed by atoms with Gasteiger partial charge in [-0.1, -0.05) is 18.5 Å². The molecular weight excluding hydrogens is 204 g/mol. The normalized spacial score (nSPS) is 10.4. The van der Waals surface area contributed by atoms with E-state index < -0.39 is 0 Å². The van der Waals surface area contributed by atoms with Gasteiger partial charge in [-0.3, -0.25) is 4.79 Å². The van der Waals surface area contributed by atoms with Crippen LogP contribution in [-0.2, 0) is 11.3 Å². The summed E-state index contributed by atoms with van der Waals surface area (Å²) >= 11 is 5.57. The van der Waals surface area contributed by atoms with Gasteiger partial charge in [0.05, 0.1) is 6.61 Å². The minimum absolute atomic E-state index is 0.00277. The van der Waals surface area contributed by atoms with Crippen molar-refractivity contribution in [3.05, 3.63) is 27.9 Å². The molecule has 0 saturated heterocycles. The van der Waals surface area contributed by atoms with Crippen molar-refractivity contribution in [2.45, 2.75) is 19.9 Å². The monoisotopic (exact) mass is 216 g/mol. The van der Waals surface area contributed by atoms with Crippen LogP contribution in [0.3, 0.4) is 0 Å². The lowest BCUT2D eigenvalue weighted by atomic mass is 10.5. The first-order chi connectivity index (χ1) is 6.75. The molecule has 0 spiro atoms. The summed E-state index contributed by atoms with van der Waals surface area (Å²) in [7, 11) is 0. The molecular formula is C9H13ClN2O2. The summed E-state index contributed by atoms with van der Waals surface area (Å²) in [4.78, 5) is 15.0. The highest BCUT2D eigenvalue weighted by Crippen LogP contribution is 1.93. The zero-order valence-corrected chi connectivity index (χ0v) is 8.83. The molecule has 0 bridgehead atoms. The summed E-state index contributed by atoms with van der Waals surface area (Å²) in [6, 6.07) is 0. The molecule has 0 amide bonds. The minimum Gasteiger partial charge on any atom is -0.380 e. The lowest BCUT2D eigenvalue weighted by molar-refractivity contribution is 0.126. The van der Waals surface area contributed by atoms with Gasteiger partial charge >= 0.3 is 0 Å². The molecule has 1 heterocycles. The van der Waals surface area contributed by atoms with Crippen LogP contribution in [0.15, 0.2) is 17.2 Å². The summed E-state index contributed by atoms with van der Waals surface area (Å²) in [5, 5.41) is 0.00277. The number of hydrogen-bond acceptors (Lipinski definition) is 3. The summed E-state index contributed by atoms with van der Waals surface area (Å²) in [5.41, 5.74) is -0.269. The fourth-order valence-electron chi connectivity index (χ4n) is 1.01. The lowest BCUT2D eigenvalue weighted by Crippen LogP contribution is -2.22. The van der Waals surface area contributed by atoms with E-state index in [1.54, 1.807) is 6.20 Å². The van der Waals surface area contributed by atoms with Crippen LogP contribution in [0, 0.1) is 0 Å². The van der Waals surface area contributed by atoms with E-state index in [0.717, 1.165) is 6.42 Å². The zero-order chi connectivity index (χ0) is 10.4. The van der Waals surface area contributed by atoms with E-state index in [2.05, 4.69) is 4.98 Å². The quantitative estimate of drug-likeness (QED) is 0.698. The first-order valence-electron chi connectivity index (χ1n) is 4.54. The van der Waals surface area contributed by atoms with Gasteiger partial charge in [0.1, 0.15) is 0 Å². The second-order valence-corrected chi connectivity index (χ2v) is 3.19. The number of halogens is 1. The molecule has 0 fully saturated rings. The van der Waals surface area contributed by atoms with E-state index in [1.165, 1.54) is 10.8 Å². The van der Waals surface area contributed by atoms with Crippen molar-refractivity contribution in [3.8, 4) is 0 Å². The summed E-state index contributed by atoms with van der Waals surface area (Å²) in [6.45, 7) is 3.79. The third kappa shape index (κ3) is 3.12. The molecule has 1 aromatic rings. The molecule has 0 aromatic carbocycles. The van der Waals surface area contributed by atoms with E-state index in [4.69, 9.17) is 16.3 Å². The molecule has 14 heavy (non-hydrogen) atoms. The average molecular weight is 217 g/mol. The third-order valence-corrected chi connectivity index (χ3v) is 1.96. The second kappa shape index (κ2) is 5.78. The van der Waals surface area contributed by atoms with Gasteiger partial charge in [0.15, 0.2) is 5.15 Å². The van der Waals surface area contributed by atoms with E-state index >= 15 is 0 Å². The van der Waals surface area contributed by atoms with Gasteiger partial charge in [-0.05, 0) is 6.42 Å². The maximum atomic E-state index is 11.3. The predicted octanol–water partition coefficient (Wildman–Crippen LogP) is 1.32. The highest BCUT2D eigenvalue weighted by Gasteiger charge is 2.00. The van der Waals surface area contributed by atoms with E-state index in [1.807, 2.05) is 6.92 Å². The largest absolute Gasteiger partial charge is 0.380 e. The third-order valence-electron chi connectivity index (χ3n) is 1.70. The van der Waals surface area contributed by atoms with Crippen molar-refractivity contribution >= 4 is 11.6 Å². The number of nitrogens with zero attached hydrogens (tertiary/aromatic N) is 2. The Balaban J connectivity index is 2.51. The summed E-state index contributed by atoms with van der Waals surface area (Å²) < 4.78 is 6.75. The van der Waals surface area contributed by atoms with E-state index in [-0.39, 0.29) is 10.7 Å². The van der Waals surface area contributed by atoms with Crippen LogP contribution in [0.2, 0.25) is 5.15 Å². The molecule has 0 aliphatic rings. The van der Waals surface area contributed by atoms with E-state index in [0.29, 0.717) is 19.8 Å². The minimum atomic E-state index is -0.269. The van der Waals surface area contributed by atoms with E-state index in [9.17, 15) is 4.79 Å². The van der Waals surface area contributed by atoms with Crippen LogP contribution in [-0.4, -0.2) is 22.8 Å². The fourth-order valence-corrected chi connectivity index (χ4v) is 1.17. The zero-order valence-electron chi connectivity index (χ0n) is 8.07. The van der Waals surface area contributed by atoms with Crippen LogP contribution in [0.25, 0.3) is 0 Å². The maximum Gasteiger partial charge on any atom is 0.288 e. The van der Waals surface area contributed by atoms with Gasteiger partial charge in [0.2, 0.25) is 0 Å². The van der Waals surface area contributed by atoms with Crippen LogP contribution in [0.1, 0.15) is 13.3 Å². The van der Waals surface area contributed by atoms with Crippen LogP contribution in [0.5, 0.6) is 0 Å². The Bertz CT molecular complexity index is 338. The molecule has 0 radical (unpaired) electrons. The maximum absolute atomic E-state index is 11.3. The molecule has 0 aliphatic carbocycles. The van der Waals surface area contributed by atoms with Crippen molar-refractivity contribution in [2.75, 3.05) is 13.2 Å². The van der Waals surface area contributed by atoms with Crippen molar-refractivity contribution < 1.29 is 4.74 Å². The van der Waals surface area contributed by atoms with Gasteiger partial charge in [-0.2, -0.15) is 0 Å². The Morgan fingerprint density at radius 3 is 3.07 bits per heavy atom. The number of aromatic nitrogens is 2. The molecule has 0 unspecified atom stereocenters. The van der Waals surface area contributed by atoms with Gasteiger partial charge in [0, 0.05) is 25.5 Å². The van der Waals surface area contributed by atoms with Gasteiger partial charge in [-0.25, -0.2) is 4.98 Å². The second-order valence-electron chi connectivity index (χ2n) is 2.83. The van der Waals surface area contributed by atoms with Crippen LogP contribution >= 0.6 is 11.6 Å². The summed E-state index contributed by atoms with van der Waals surface area (Å²) in [5.74, 6) is 0. The standard InChI is InChI=1S/C9H13ClN2O2/c1-2-6-14-7-5-12-4-3-11-8(10)9(12)13/h3-4H,2,5-7H2,1H3. The molecule has 4 nitrogen and oxygen atoms in total. The summed E-state index contributed by atoms with van der Waals surface area (Å²) in [6.07, 6.45) is 4.08. The lowest BCUT2D eigenvalue weighted by Gasteiger charge is -2.05. The Labute approximate surface area is 87.5 Å². The van der Waals surface area contributed by atoms with Crippen molar-refractivity contribution in [2.24, 2.45) is 0 Å². The van der Waals surface area contributed by atoms with Crippen molar-refractivity contribution in [1.82, 2.24) is 9.55 Å². The highest BCUT2D eigenvalue weighted by molar-refractivity contribution is 6.29. The van der Waals surface area contributed by atoms with Crippen molar-refractivity contribution in [1.29, 1.82) is 0 Å². The molecule has 5 heteroatoms. The Hall–Kier alpha value is -0.870. The molecule has 0 aliphatic heterocycles. The average Bonchev–Trinajstić information content (AvgIpc) is 2.19. The van der Waals surface area contributed by atoms with Crippen molar-refractivity contribution in [3.63, 3.8) is 0 Å². The predicted molar refractivity (Wildman–Crippen MR) is 54.6 cm³/mol. The Morgan fingerprint density at radius 2 is 2.36 bits per heavy atom. The van der Waals surface area contributed by atoms with Crippen LogP contribution < -0.4 is 5.56 Å². The van der Waals surface area contributed by atoms with Gasteiger partial charge < -0.3 is 9.30 Å². The Kier molecular flexibility index (Phi) is 4.62. The first kappa shape index (κ1) is 11.2. The Morgan fingerprint density at radius 1 is 1.57 bits per heavy atom. The molecule has 1 aromatic heterocycles. The fraction of sp³-hybridized carbons (Fsp3) is 0.556. The highest BCUT2D eigenvalue weighted by atomic mass is 35.5. The van der Waals surface area contributed by atoms with Gasteiger partial charge in [0.25, 0.3) is 5.56 Å². The smallest absolute Gasteiger partial charge is 0.288 e. The van der Waals surface area contributed by atoms with Crippen LogP contribution in [0.4, 0.5) is 0 Å². The number of rotatable bonds is 5.